The third-order valence-electron chi connectivity index (χ3n) is 9.69. The Bertz CT molecular complexity index is 1070. The Hall–Kier alpha value is -2.17. The minimum atomic E-state index is -0.933. The summed E-state index contributed by atoms with van der Waals surface area (Å²) < 4.78 is 0. The molecule has 4 heteroatoms. The monoisotopic (exact) mass is 461 g/mol. The number of benzene rings is 1. The molecule has 0 heterocycles. The van der Waals surface area contributed by atoms with Gasteiger partial charge in [-0.05, 0) is 84.8 Å². The Kier molecular flexibility index (Phi) is 5.89. The maximum Gasteiger partial charge on any atom is 0.156 e. The van der Waals surface area contributed by atoms with Crippen LogP contribution in [-0.2, 0) is 4.79 Å². The summed E-state index contributed by atoms with van der Waals surface area (Å²) in [6.45, 7) is 4.42. The van der Waals surface area contributed by atoms with Gasteiger partial charge in [-0.2, -0.15) is 0 Å². The standard InChI is InChI=1S/C30H39NO3/c1-19-16-27-25-12-8-21-17-23(33)11-13-24(21)28(25)26(20-6-9-22(10-7-20)31(3)4)18-29(27,2)30(19,34)14-5-15-32/h5-7,9-10,14,17,19,25-27,32,34H,8,11-13,15-16,18H2,1-4H3/b14-5-/t19-,25+,26-,27+,29+,30+/m1/s1. The van der Waals surface area contributed by atoms with Crippen LogP contribution >= 0.6 is 0 Å². The van der Waals surface area contributed by atoms with Gasteiger partial charge in [-0.15, -0.1) is 0 Å². The SMILES string of the molecule is C[C@@H]1C[C@H]2[C@@H]3CCC4=CC(=O)CCC4=C3[C@@H](c3ccc(N(C)C)cc3)C[C@]2(C)[C@]1(O)/C=C\CO. The molecule has 4 aliphatic carbocycles. The number of aliphatic hydroxyl groups excluding tert-OH is 1. The molecule has 0 radical (unpaired) electrons. The molecule has 0 saturated heterocycles. The highest BCUT2D eigenvalue weighted by Crippen LogP contribution is 2.68. The van der Waals surface area contributed by atoms with E-state index in [1.807, 2.05) is 12.2 Å². The first-order valence-electron chi connectivity index (χ1n) is 12.9. The van der Waals surface area contributed by atoms with E-state index in [1.165, 1.54) is 22.4 Å². The lowest BCUT2D eigenvalue weighted by Crippen LogP contribution is -2.52. The number of anilines is 1. The molecule has 0 bridgehead atoms. The highest BCUT2D eigenvalue weighted by molar-refractivity contribution is 5.93. The van der Waals surface area contributed by atoms with Gasteiger partial charge in [0.15, 0.2) is 5.78 Å². The Morgan fingerprint density at radius 2 is 1.88 bits per heavy atom. The summed E-state index contributed by atoms with van der Waals surface area (Å²) in [5.74, 6) is 1.46. The van der Waals surface area contributed by atoms with Crippen LogP contribution in [0.2, 0.25) is 0 Å². The lowest BCUT2D eigenvalue weighted by atomic mass is 9.51. The van der Waals surface area contributed by atoms with E-state index in [-0.39, 0.29) is 29.6 Å². The number of rotatable bonds is 4. The van der Waals surface area contributed by atoms with Crippen LogP contribution in [0.1, 0.15) is 63.9 Å². The maximum absolute atomic E-state index is 12.2. The molecule has 0 amide bonds. The number of ketones is 1. The van der Waals surface area contributed by atoms with Crippen LogP contribution in [0.3, 0.4) is 0 Å². The minimum Gasteiger partial charge on any atom is -0.392 e. The van der Waals surface area contributed by atoms with Crippen LogP contribution in [0.15, 0.2) is 59.2 Å². The predicted molar refractivity (Wildman–Crippen MR) is 137 cm³/mol. The van der Waals surface area contributed by atoms with Crippen LogP contribution in [0, 0.1) is 23.2 Å². The van der Waals surface area contributed by atoms with E-state index in [1.54, 1.807) is 11.6 Å². The maximum atomic E-state index is 12.2. The van der Waals surface area contributed by atoms with Gasteiger partial charge in [0.25, 0.3) is 0 Å². The Morgan fingerprint density at radius 3 is 2.56 bits per heavy atom. The van der Waals surface area contributed by atoms with Gasteiger partial charge in [0, 0.05) is 37.5 Å². The largest absolute Gasteiger partial charge is 0.392 e. The number of fused-ring (bicyclic) bond motifs is 4. The number of carbonyl (C=O) groups is 1. The van der Waals surface area contributed by atoms with Crippen LogP contribution in [-0.4, -0.2) is 42.3 Å². The van der Waals surface area contributed by atoms with E-state index in [0.717, 1.165) is 32.1 Å². The van der Waals surface area contributed by atoms with Crippen LogP contribution in [0.4, 0.5) is 5.69 Å². The molecule has 2 N–H and O–H groups in total. The zero-order valence-corrected chi connectivity index (χ0v) is 21.1. The quantitative estimate of drug-likeness (QED) is 0.607. The average Bonchev–Trinajstić information content (AvgIpc) is 3.02. The molecule has 0 spiro atoms. The first-order valence-corrected chi connectivity index (χ1v) is 12.9. The lowest BCUT2D eigenvalue weighted by Gasteiger charge is -2.54. The summed E-state index contributed by atoms with van der Waals surface area (Å²) in [6, 6.07) is 8.93. The predicted octanol–water partition coefficient (Wildman–Crippen LogP) is 5.18. The molecular formula is C30H39NO3. The van der Waals surface area contributed by atoms with Crippen LogP contribution < -0.4 is 4.90 Å². The summed E-state index contributed by atoms with van der Waals surface area (Å²) in [5.41, 5.74) is 5.54. The van der Waals surface area contributed by atoms with Crippen molar-refractivity contribution in [1.29, 1.82) is 0 Å². The molecule has 2 saturated carbocycles. The van der Waals surface area contributed by atoms with E-state index < -0.39 is 5.60 Å². The summed E-state index contributed by atoms with van der Waals surface area (Å²) in [5, 5.41) is 21.6. The third kappa shape index (κ3) is 3.45. The molecule has 1 aromatic rings. The summed E-state index contributed by atoms with van der Waals surface area (Å²) in [4.78, 5) is 14.4. The minimum absolute atomic E-state index is 0.0495. The van der Waals surface area contributed by atoms with Crippen molar-refractivity contribution in [3.8, 4) is 0 Å². The van der Waals surface area contributed by atoms with E-state index in [4.69, 9.17) is 0 Å². The molecule has 1 aromatic carbocycles. The number of allylic oxidation sites excluding steroid dienone is 4. The van der Waals surface area contributed by atoms with Crippen molar-refractivity contribution in [2.75, 3.05) is 25.6 Å². The Morgan fingerprint density at radius 1 is 1.15 bits per heavy atom. The number of hydrogen-bond donors (Lipinski definition) is 2. The Labute approximate surface area is 204 Å². The fraction of sp³-hybridized carbons (Fsp3) is 0.567. The van der Waals surface area contributed by atoms with Gasteiger partial charge in [0.05, 0.1) is 12.2 Å². The van der Waals surface area contributed by atoms with Crippen molar-refractivity contribution in [2.45, 2.75) is 63.9 Å². The zero-order valence-electron chi connectivity index (χ0n) is 21.1. The smallest absolute Gasteiger partial charge is 0.156 e. The molecule has 2 fully saturated rings. The van der Waals surface area contributed by atoms with Crippen LogP contribution in [0.25, 0.3) is 0 Å². The molecule has 34 heavy (non-hydrogen) atoms. The fourth-order valence-electron chi connectivity index (χ4n) is 7.92. The topological polar surface area (TPSA) is 60.8 Å². The van der Waals surface area contributed by atoms with Gasteiger partial charge in [-0.25, -0.2) is 0 Å². The van der Waals surface area contributed by atoms with Crippen molar-refractivity contribution in [3.63, 3.8) is 0 Å². The second kappa shape index (κ2) is 8.49. The highest BCUT2D eigenvalue weighted by Gasteiger charge is 2.64. The van der Waals surface area contributed by atoms with Gasteiger partial charge in [0.1, 0.15) is 0 Å². The average molecular weight is 462 g/mol. The van der Waals surface area contributed by atoms with Crippen molar-refractivity contribution in [1.82, 2.24) is 0 Å². The molecular weight excluding hydrogens is 422 g/mol. The summed E-state index contributed by atoms with van der Waals surface area (Å²) >= 11 is 0. The summed E-state index contributed by atoms with van der Waals surface area (Å²) in [6.07, 6.45) is 10.9. The highest BCUT2D eigenvalue weighted by atomic mass is 16.3. The van der Waals surface area contributed by atoms with Gasteiger partial charge >= 0.3 is 0 Å². The molecule has 4 aliphatic rings. The van der Waals surface area contributed by atoms with E-state index in [9.17, 15) is 15.0 Å². The number of hydrogen-bond acceptors (Lipinski definition) is 4. The molecule has 182 valence electrons. The molecule has 4 nitrogen and oxygen atoms in total. The van der Waals surface area contributed by atoms with Crippen molar-refractivity contribution in [2.24, 2.45) is 23.2 Å². The molecule has 6 atom stereocenters. The molecule has 0 aromatic heterocycles. The normalized spacial score (nSPS) is 37.4. The van der Waals surface area contributed by atoms with Crippen LogP contribution in [0.5, 0.6) is 0 Å². The first kappa shape index (κ1) is 23.6. The molecule has 0 aliphatic heterocycles. The van der Waals surface area contributed by atoms with E-state index in [0.29, 0.717) is 18.3 Å². The number of aliphatic hydroxyl groups is 2. The number of nitrogens with zero attached hydrogens (tertiary/aromatic N) is 1. The second-order valence-corrected chi connectivity index (χ2v) is 11.5. The third-order valence-corrected chi connectivity index (χ3v) is 9.69. The van der Waals surface area contributed by atoms with Crippen molar-refractivity contribution in [3.05, 3.63) is 64.8 Å². The fourth-order valence-corrected chi connectivity index (χ4v) is 7.92. The van der Waals surface area contributed by atoms with Gasteiger partial charge in [-0.3, -0.25) is 4.79 Å². The Balaban J connectivity index is 1.67. The van der Waals surface area contributed by atoms with Gasteiger partial charge in [0.2, 0.25) is 0 Å². The number of carbonyl (C=O) groups excluding carboxylic acids is 1. The van der Waals surface area contributed by atoms with Crippen molar-refractivity contribution >= 4 is 11.5 Å². The van der Waals surface area contributed by atoms with Crippen molar-refractivity contribution < 1.29 is 15.0 Å². The second-order valence-electron chi connectivity index (χ2n) is 11.5. The van der Waals surface area contributed by atoms with E-state index in [2.05, 4.69) is 57.1 Å². The lowest BCUT2D eigenvalue weighted by molar-refractivity contribution is -0.114. The van der Waals surface area contributed by atoms with Gasteiger partial charge < -0.3 is 15.1 Å². The summed E-state index contributed by atoms with van der Waals surface area (Å²) in [7, 11) is 4.12. The molecule has 0 unspecified atom stereocenters. The zero-order chi connectivity index (χ0) is 24.3. The molecule has 5 rings (SSSR count). The van der Waals surface area contributed by atoms with Gasteiger partial charge in [-0.1, -0.05) is 43.7 Å². The van der Waals surface area contributed by atoms with E-state index >= 15 is 0 Å². The first-order chi connectivity index (χ1) is 16.2.